The number of hydrogen-bond acceptors (Lipinski definition) is 5. The smallest absolute Gasteiger partial charge is 0.240 e. The number of amides is 1. The van der Waals surface area contributed by atoms with Gasteiger partial charge in [-0.1, -0.05) is 33.1 Å². The Morgan fingerprint density at radius 2 is 1.79 bits per heavy atom. The maximum absolute atomic E-state index is 13.1. The van der Waals surface area contributed by atoms with Crippen molar-refractivity contribution >= 4 is 30.7 Å². The Bertz CT molecular complexity index is 523. The van der Waals surface area contributed by atoms with Crippen molar-refractivity contribution in [3.05, 3.63) is 0 Å². The maximum atomic E-state index is 13.1. The van der Waals surface area contributed by atoms with Gasteiger partial charge in [0.25, 0.3) is 0 Å². The Hall–Kier alpha value is -0.110. The van der Waals surface area contributed by atoms with Gasteiger partial charge in [-0.05, 0) is 19.8 Å². The molecule has 3 aliphatic rings. The van der Waals surface area contributed by atoms with Gasteiger partial charge in [-0.15, -0.1) is 24.8 Å². The Morgan fingerprint density at radius 1 is 1.17 bits per heavy atom. The van der Waals surface area contributed by atoms with E-state index in [9.17, 15) is 4.79 Å². The number of carbonyl (C=O) groups excluding carboxylic acids is 1. The van der Waals surface area contributed by atoms with E-state index in [-0.39, 0.29) is 47.7 Å². The largest absolute Gasteiger partial charge is 0.379 e. The van der Waals surface area contributed by atoms with Gasteiger partial charge in [0.15, 0.2) is 0 Å². The van der Waals surface area contributed by atoms with Crippen LogP contribution >= 0.6 is 24.8 Å². The molecule has 1 saturated heterocycles. The standard InChI is InChI=1S/C21H39N3O3.2ClH/c1-4-27-17-14-21(22,19(17,2)3)18(25)23-15-20(8-6-5-7-9-20)16-24-10-12-26-13-11-24;;/h17H,4-16,22H2,1-3H3,(H,23,25);2*1H. The van der Waals surface area contributed by atoms with Crippen LogP contribution in [0, 0.1) is 10.8 Å². The lowest BCUT2D eigenvalue weighted by molar-refractivity contribution is -0.171. The molecule has 8 heteroatoms. The number of nitrogens with zero attached hydrogens (tertiary/aromatic N) is 1. The summed E-state index contributed by atoms with van der Waals surface area (Å²) in [6.07, 6.45) is 6.87. The van der Waals surface area contributed by atoms with Gasteiger partial charge >= 0.3 is 0 Å². The highest BCUT2D eigenvalue weighted by Gasteiger charge is 2.62. The molecule has 2 aliphatic carbocycles. The number of halogens is 2. The molecule has 3 rings (SSSR count). The monoisotopic (exact) mass is 453 g/mol. The molecule has 0 aromatic heterocycles. The number of rotatable bonds is 7. The first-order chi connectivity index (χ1) is 12.8. The van der Waals surface area contributed by atoms with Gasteiger partial charge < -0.3 is 20.5 Å². The van der Waals surface area contributed by atoms with Gasteiger partial charge in [-0.3, -0.25) is 9.69 Å². The number of nitrogens with one attached hydrogen (secondary N) is 1. The molecule has 0 bridgehead atoms. The number of nitrogens with two attached hydrogens (primary N) is 1. The van der Waals surface area contributed by atoms with E-state index in [4.69, 9.17) is 15.2 Å². The highest BCUT2D eigenvalue weighted by Crippen LogP contribution is 2.50. The van der Waals surface area contributed by atoms with Gasteiger partial charge in [0, 0.05) is 50.0 Å². The third kappa shape index (κ3) is 5.58. The van der Waals surface area contributed by atoms with E-state index in [1.54, 1.807) is 0 Å². The minimum Gasteiger partial charge on any atom is -0.379 e. The summed E-state index contributed by atoms with van der Waals surface area (Å²) in [5.41, 5.74) is 5.58. The first-order valence-corrected chi connectivity index (χ1v) is 10.8. The number of morpholine rings is 1. The van der Waals surface area contributed by atoms with Crippen LogP contribution in [0.5, 0.6) is 0 Å². The second-order valence-electron chi connectivity index (χ2n) is 9.47. The molecular formula is C21H41Cl2N3O3. The van der Waals surface area contributed by atoms with Crippen LogP contribution < -0.4 is 11.1 Å². The average Bonchev–Trinajstić information content (AvgIpc) is 2.67. The summed E-state index contributed by atoms with van der Waals surface area (Å²) in [5.74, 6) is -0.00428. The van der Waals surface area contributed by atoms with Crippen LogP contribution in [0.2, 0.25) is 0 Å². The zero-order chi connectivity index (χ0) is 19.5. The van der Waals surface area contributed by atoms with Crippen LogP contribution in [0.4, 0.5) is 0 Å². The third-order valence-corrected chi connectivity index (χ3v) is 7.44. The molecule has 3 fully saturated rings. The van der Waals surface area contributed by atoms with Crippen LogP contribution in [-0.2, 0) is 14.3 Å². The van der Waals surface area contributed by atoms with Crippen LogP contribution in [-0.4, -0.2) is 68.4 Å². The van der Waals surface area contributed by atoms with E-state index in [0.29, 0.717) is 13.0 Å². The topological polar surface area (TPSA) is 76.8 Å². The van der Waals surface area contributed by atoms with Gasteiger partial charge in [0.1, 0.15) is 5.54 Å². The Balaban J connectivity index is 0.00000210. The van der Waals surface area contributed by atoms with Crippen molar-refractivity contribution in [2.45, 2.75) is 70.9 Å². The van der Waals surface area contributed by atoms with E-state index >= 15 is 0 Å². The fourth-order valence-electron chi connectivity index (χ4n) is 5.17. The van der Waals surface area contributed by atoms with Crippen LogP contribution in [0.1, 0.15) is 59.3 Å². The minimum atomic E-state index is -0.832. The molecule has 0 spiro atoms. The molecule has 3 N–H and O–H groups in total. The maximum Gasteiger partial charge on any atom is 0.240 e. The van der Waals surface area contributed by atoms with Crippen molar-refractivity contribution in [1.82, 2.24) is 10.2 Å². The van der Waals surface area contributed by atoms with Gasteiger partial charge in [-0.25, -0.2) is 0 Å². The molecule has 0 aromatic carbocycles. The zero-order valence-corrected chi connectivity index (χ0v) is 20.0. The van der Waals surface area contributed by atoms with Crippen LogP contribution in [0.15, 0.2) is 0 Å². The molecule has 172 valence electrons. The highest BCUT2D eigenvalue weighted by molar-refractivity contribution is 5.88. The molecule has 0 radical (unpaired) electrons. The predicted octanol–water partition coefficient (Wildman–Crippen LogP) is 2.76. The SMILES string of the molecule is CCOC1CC(N)(C(=O)NCC2(CN3CCOCC3)CCCCC2)C1(C)C.Cl.Cl. The number of hydrogen-bond donors (Lipinski definition) is 2. The Kier molecular flexibility index (Phi) is 10.2. The lowest BCUT2D eigenvalue weighted by Crippen LogP contribution is -2.76. The number of ether oxygens (including phenoxy) is 2. The minimum absolute atomic E-state index is 0. The molecule has 2 unspecified atom stereocenters. The van der Waals surface area contributed by atoms with Crippen molar-refractivity contribution in [2.24, 2.45) is 16.6 Å². The van der Waals surface area contributed by atoms with E-state index in [1.807, 2.05) is 6.92 Å². The van der Waals surface area contributed by atoms with Crippen LogP contribution in [0.25, 0.3) is 0 Å². The van der Waals surface area contributed by atoms with Crippen molar-refractivity contribution in [1.29, 1.82) is 0 Å². The summed E-state index contributed by atoms with van der Waals surface area (Å²) in [4.78, 5) is 15.6. The van der Waals surface area contributed by atoms with Gasteiger partial charge in [0.2, 0.25) is 5.91 Å². The van der Waals surface area contributed by atoms with Crippen molar-refractivity contribution in [3.63, 3.8) is 0 Å². The third-order valence-electron chi connectivity index (χ3n) is 7.44. The second-order valence-corrected chi connectivity index (χ2v) is 9.47. The van der Waals surface area contributed by atoms with E-state index in [1.165, 1.54) is 32.1 Å². The Labute approximate surface area is 188 Å². The van der Waals surface area contributed by atoms with E-state index in [0.717, 1.165) is 39.4 Å². The molecule has 2 atom stereocenters. The lowest BCUT2D eigenvalue weighted by atomic mass is 9.54. The van der Waals surface area contributed by atoms with Crippen LogP contribution in [0.3, 0.4) is 0 Å². The lowest BCUT2D eigenvalue weighted by Gasteiger charge is -2.57. The summed E-state index contributed by atoms with van der Waals surface area (Å²) in [5, 5.41) is 3.27. The molecule has 1 aliphatic heterocycles. The molecular weight excluding hydrogens is 413 g/mol. The molecule has 29 heavy (non-hydrogen) atoms. The predicted molar refractivity (Wildman–Crippen MR) is 121 cm³/mol. The Morgan fingerprint density at radius 3 is 2.34 bits per heavy atom. The average molecular weight is 454 g/mol. The van der Waals surface area contributed by atoms with Crippen molar-refractivity contribution < 1.29 is 14.3 Å². The molecule has 0 aromatic rings. The number of carbonyl (C=O) groups is 1. The second kappa shape index (κ2) is 11.0. The molecule has 1 amide bonds. The highest BCUT2D eigenvalue weighted by atomic mass is 35.5. The zero-order valence-electron chi connectivity index (χ0n) is 18.3. The van der Waals surface area contributed by atoms with Crippen molar-refractivity contribution in [2.75, 3.05) is 46.0 Å². The van der Waals surface area contributed by atoms with E-state index < -0.39 is 5.54 Å². The fourth-order valence-corrected chi connectivity index (χ4v) is 5.17. The summed E-state index contributed by atoms with van der Waals surface area (Å²) >= 11 is 0. The summed E-state index contributed by atoms with van der Waals surface area (Å²) in [7, 11) is 0. The summed E-state index contributed by atoms with van der Waals surface area (Å²) < 4.78 is 11.3. The van der Waals surface area contributed by atoms with Gasteiger partial charge in [0.05, 0.1) is 19.3 Å². The summed E-state index contributed by atoms with van der Waals surface area (Å²) in [6.45, 7) is 12.2. The normalized spacial score (nSPS) is 31.0. The van der Waals surface area contributed by atoms with Gasteiger partial charge in [-0.2, -0.15) is 0 Å². The quantitative estimate of drug-likeness (QED) is 0.619. The summed E-state index contributed by atoms with van der Waals surface area (Å²) in [6, 6.07) is 0. The first kappa shape index (κ1) is 26.9. The molecule has 1 heterocycles. The molecule has 6 nitrogen and oxygen atoms in total. The van der Waals surface area contributed by atoms with Crippen molar-refractivity contribution in [3.8, 4) is 0 Å². The van der Waals surface area contributed by atoms with E-state index in [2.05, 4.69) is 24.1 Å². The first-order valence-electron chi connectivity index (χ1n) is 10.8. The molecule has 2 saturated carbocycles. The fraction of sp³-hybridized carbons (Fsp3) is 0.952.